The Morgan fingerprint density at radius 3 is 2.38 bits per heavy atom. The van der Waals surface area contributed by atoms with Gasteiger partial charge in [0.25, 0.3) is 0 Å². The van der Waals surface area contributed by atoms with Crippen molar-refractivity contribution in [3.05, 3.63) is 0 Å². The maximum atomic E-state index is 10.8. The third-order valence-corrected chi connectivity index (χ3v) is 1.97. The SMILES string of the molecule is CCOCCOCCC(C)C(C)=O. The van der Waals surface area contributed by atoms with Crippen LogP contribution in [0.2, 0.25) is 0 Å². The molecule has 0 aliphatic carbocycles. The van der Waals surface area contributed by atoms with Gasteiger partial charge in [-0.25, -0.2) is 0 Å². The molecule has 3 heteroatoms. The van der Waals surface area contributed by atoms with Crippen molar-refractivity contribution in [1.29, 1.82) is 0 Å². The lowest BCUT2D eigenvalue weighted by molar-refractivity contribution is -0.120. The van der Waals surface area contributed by atoms with Gasteiger partial charge in [0, 0.05) is 19.1 Å². The average Bonchev–Trinajstić information content (AvgIpc) is 2.10. The summed E-state index contributed by atoms with van der Waals surface area (Å²) in [5.74, 6) is 0.348. The minimum atomic E-state index is 0.118. The number of Topliss-reactive ketones (excluding diaryl/α,β-unsaturated/α-hetero) is 1. The standard InChI is InChI=1S/C10H20O3/c1-4-12-7-8-13-6-5-9(2)10(3)11/h9H,4-8H2,1-3H3. The Balaban J connectivity index is 3.11. The molecule has 0 aromatic carbocycles. The van der Waals surface area contributed by atoms with Crippen LogP contribution in [0, 0.1) is 5.92 Å². The molecule has 1 atom stereocenters. The van der Waals surface area contributed by atoms with Crippen molar-refractivity contribution in [1.82, 2.24) is 0 Å². The second-order valence-electron chi connectivity index (χ2n) is 3.11. The van der Waals surface area contributed by atoms with Crippen LogP contribution >= 0.6 is 0 Å². The molecule has 0 aliphatic rings. The molecule has 0 amide bonds. The Kier molecular flexibility index (Phi) is 7.94. The summed E-state index contributed by atoms with van der Waals surface area (Å²) in [6.45, 7) is 8.14. The highest BCUT2D eigenvalue weighted by molar-refractivity contribution is 5.77. The Hall–Kier alpha value is -0.410. The maximum Gasteiger partial charge on any atom is 0.132 e. The van der Waals surface area contributed by atoms with E-state index in [0.29, 0.717) is 19.8 Å². The average molecular weight is 188 g/mol. The highest BCUT2D eigenvalue weighted by Gasteiger charge is 2.06. The summed E-state index contributed by atoms with van der Waals surface area (Å²) in [7, 11) is 0. The van der Waals surface area contributed by atoms with Gasteiger partial charge in [-0.15, -0.1) is 0 Å². The Labute approximate surface area is 80.4 Å². The molecule has 3 nitrogen and oxygen atoms in total. The first-order valence-electron chi connectivity index (χ1n) is 4.84. The van der Waals surface area contributed by atoms with E-state index >= 15 is 0 Å². The number of ketones is 1. The van der Waals surface area contributed by atoms with E-state index in [1.54, 1.807) is 6.92 Å². The zero-order chi connectivity index (χ0) is 10.1. The molecule has 0 heterocycles. The fourth-order valence-corrected chi connectivity index (χ4v) is 0.828. The van der Waals surface area contributed by atoms with Crippen LogP contribution in [0.3, 0.4) is 0 Å². The minimum Gasteiger partial charge on any atom is -0.379 e. The molecule has 0 fully saturated rings. The minimum absolute atomic E-state index is 0.118. The predicted molar refractivity (Wildman–Crippen MR) is 51.8 cm³/mol. The van der Waals surface area contributed by atoms with Crippen molar-refractivity contribution in [2.24, 2.45) is 5.92 Å². The zero-order valence-corrected chi connectivity index (χ0v) is 8.84. The van der Waals surface area contributed by atoms with Crippen LogP contribution in [-0.4, -0.2) is 32.2 Å². The van der Waals surface area contributed by atoms with Crippen LogP contribution in [0.5, 0.6) is 0 Å². The number of ether oxygens (including phenoxy) is 2. The van der Waals surface area contributed by atoms with Gasteiger partial charge in [-0.3, -0.25) is 4.79 Å². The Bertz CT molecular complexity index is 134. The van der Waals surface area contributed by atoms with Crippen molar-refractivity contribution < 1.29 is 14.3 Å². The summed E-state index contributed by atoms with van der Waals surface area (Å²) in [4.78, 5) is 10.8. The molecule has 0 saturated heterocycles. The maximum absolute atomic E-state index is 10.8. The number of carbonyl (C=O) groups is 1. The largest absolute Gasteiger partial charge is 0.379 e. The lowest BCUT2D eigenvalue weighted by Crippen LogP contribution is -2.11. The first-order valence-corrected chi connectivity index (χ1v) is 4.84. The van der Waals surface area contributed by atoms with E-state index < -0.39 is 0 Å². The van der Waals surface area contributed by atoms with E-state index in [-0.39, 0.29) is 11.7 Å². The van der Waals surface area contributed by atoms with Crippen molar-refractivity contribution in [2.45, 2.75) is 27.2 Å². The molecule has 1 unspecified atom stereocenters. The molecular formula is C10H20O3. The van der Waals surface area contributed by atoms with Crippen LogP contribution in [-0.2, 0) is 14.3 Å². The predicted octanol–water partition coefficient (Wildman–Crippen LogP) is 1.65. The molecule has 0 rings (SSSR count). The van der Waals surface area contributed by atoms with Gasteiger partial charge in [0.1, 0.15) is 5.78 Å². The normalized spacial score (nSPS) is 12.8. The molecule has 0 aliphatic heterocycles. The van der Waals surface area contributed by atoms with Gasteiger partial charge in [-0.05, 0) is 20.3 Å². The molecule has 78 valence electrons. The number of carbonyl (C=O) groups excluding carboxylic acids is 1. The topological polar surface area (TPSA) is 35.5 Å². The van der Waals surface area contributed by atoms with Crippen LogP contribution in [0.15, 0.2) is 0 Å². The summed E-state index contributed by atoms with van der Waals surface area (Å²) in [5.41, 5.74) is 0. The zero-order valence-electron chi connectivity index (χ0n) is 8.84. The summed E-state index contributed by atoms with van der Waals surface area (Å²) < 4.78 is 10.4. The summed E-state index contributed by atoms with van der Waals surface area (Å²) in [6, 6.07) is 0. The summed E-state index contributed by atoms with van der Waals surface area (Å²) in [6.07, 6.45) is 0.807. The molecule has 13 heavy (non-hydrogen) atoms. The number of hydrogen-bond donors (Lipinski definition) is 0. The third-order valence-electron chi connectivity index (χ3n) is 1.97. The fraction of sp³-hybridized carbons (Fsp3) is 0.900. The van der Waals surface area contributed by atoms with E-state index in [1.807, 2.05) is 13.8 Å². The van der Waals surface area contributed by atoms with Crippen LogP contribution in [0.4, 0.5) is 0 Å². The van der Waals surface area contributed by atoms with E-state index in [9.17, 15) is 4.79 Å². The second-order valence-corrected chi connectivity index (χ2v) is 3.11. The molecule has 0 spiro atoms. The van der Waals surface area contributed by atoms with Crippen LogP contribution in [0.25, 0.3) is 0 Å². The fourth-order valence-electron chi connectivity index (χ4n) is 0.828. The van der Waals surface area contributed by atoms with Crippen molar-refractivity contribution in [3.63, 3.8) is 0 Å². The van der Waals surface area contributed by atoms with Gasteiger partial charge < -0.3 is 9.47 Å². The molecule has 0 aromatic rings. The summed E-state index contributed by atoms with van der Waals surface area (Å²) >= 11 is 0. The highest BCUT2D eigenvalue weighted by atomic mass is 16.5. The number of rotatable bonds is 8. The Morgan fingerprint density at radius 2 is 1.85 bits per heavy atom. The molecule has 0 aromatic heterocycles. The lowest BCUT2D eigenvalue weighted by Gasteiger charge is -2.07. The molecule has 0 bridgehead atoms. The smallest absolute Gasteiger partial charge is 0.132 e. The van der Waals surface area contributed by atoms with Crippen molar-refractivity contribution >= 4 is 5.78 Å². The van der Waals surface area contributed by atoms with E-state index in [2.05, 4.69) is 0 Å². The van der Waals surface area contributed by atoms with E-state index in [4.69, 9.17) is 9.47 Å². The highest BCUT2D eigenvalue weighted by Crippen LogP contribution is 2.02. The number of hydrogen-bond acceptors (Lipinski definition) is 3. The first-order chi connectivity index (χ1) is 6.18. The first kappa shape index (κ1) is 12.6. The van der Waals surface area contributed by atoms with Gasteiger partial charge in [0.15, 0.2) is 0 Å². The molecular weight excluding hydrogens is 168 g/mol. The molecule has 0 N–H and O–H groups in total. The van der Waals surface area contributed by atoms with Gasteiger partial charge in [0.05, 0.1) is 13.2 Å². The molecule has 0 saturated carbocycles. The van der Waals surface area contributed by atoms with Crippen LogP contribution in [0.1, 0.15) is 27.2 Å². The van der Waals surface area contributed by atoms with E-state index in [1.165, 1.54) is 0 Å². The van der Waals surface area contributed by atoms with Gasteiger partial charge in [0.2, 0.25) is 0 Å². The van der Waals surface area contributed by atoms with Gasteiger partial charge in [-0.2, -0.15) is 0 Å². The monoisotopic (exact) mass is 188 g/mol. The van der Waals surface area contributed by atoms with Crippen molar-refractivity contribution in [3.8, 4) is 0 Å². The quantitative estimate of drug-likeness (QED) is 0.543. The van der Waals surface area contributed by atoms with Crippen LogP contribution < -0.4 is 0 Å². The second kappa shape index (κ2) is 8.20. The Morgan fingerprint density at radius 1 is 1.23 bits per heavy atom. The van der Waals surface area contributed by atoms with Gasteiger partial charge in [-0.1, -0.05) is 6.92 Å². The van der Waals surface area contributed by atoms with E-state index in [0.717, 1.165) is 13.0 Å². The van der Waals surface area contributed by atoms with Crippen molar-refractivity contribution in [2.75, 3.05) is 26.4 Å². The van der Waals surface area contributed by atoms with Gasteiger partial charge >= 0.3 is 0 Å². The summed E-state index contributed by atoms with van der Waals surface area (Å²) in [5, 5.41) is 0. The third kappa shape index (κ3) is 7.94. The lowest BCUT2D eigenvalue weighted by atomic mass is 10.1. The molecule has 0 radical (unpaired) electrons.